The molecule has 0 saturated heterocycles. The normalized spacial score (nSPS) is 10.7. The summed E-state index contributed by atoms with van der Waals surface area (Å²) in [5, 5.41) is 15.1. The van der Waals surface area contributed by atoms with Crippen molar-refractivity contribution in [3.63, 3.8) is 0 Å². The number of nitrogens with zero attached hydrogens (tertiary/aromatic N) is 2. The predicted molar refractivity (Wildman–Crippen MR) is 77.9 cm³/mol. The van der Waals surface area contributed by atoms with E-state index in [2.05, 4.69) is 10.4 Å². The molecule has 1 heterocycles. The van der Waals surface area contributed by atoms with Gasteiger partial charge in [-0.05, 0) is 18.1 Å². The quantitative estimate of drug-likeness (QED) is 0.821. The summed E-state index contributed by atoms with van der Waals surface area (Å²) in [5.74, 6) is -1.67. The molecule has 0 atom stereocenters. The highest BCUT2D eigenvalue weighted by molar-refractivity contribution is 6.02. The van der Waals surface area contributed by atoms with Gasteiger partial charge in [-0.2, -0.15) is 5.10 Å². The number of anilines is 1. The van der Waals surface area contributed by atoms with Crippen LogP contribution >= 0.6 is 0 Å². The fourth-order valence-electron chi connectivity index (χ4n) is 1.81. The van der Waals surface area contributed by atoms with E-state index < -0.39 is 11.9 Å². The molecule has 0 aliphatic heterocycles. The third-order valence-corrected chi connectivity index (χ3v) is 2.87. The molecule has 0 unspecified atom stereocenters. The first-order valence-electron chi connectivity index (χ1n) is 6.33. The Morgan fingerprint density at radius 2 is 2.10 bits per heavy atom. The minimum Gasteiger partial charge on any atom is -0.478 e. The molecule has 1 aromatic heterocycles. The van der Waals surface area contributed by atoms with Crippen LogP contribution in [0.25, 0.3) is 0 Å². The molecule has 0 fully saturated rings. The standard InChI is InChI=1S/C15H15N3O3/c1-11-4-2-3-5-12(11)9-18-10-13(8-16-18)17-14(19)6-7-15(20)21/h2-8,10H,9H2,1H3,(H,17,19)(H,20,21). The molecule has 0 spiro atoms. The number of benzene rings is 1. The number of amides is 1. The highest BCUT2D eigenvalue weighted by Crippen LogP contribution is 2.11. The highest BCUT2D eigenvalue weighted by Gasteiger charge is 2.04. The van der Waals surface area contributed by atoms with Crippen LogP contribution in [0.3, 0.4) is 0 Å². The first-order chi connectivity index (χ1) is 10.0. The largest absolute Gasteiger partial charge is 0.478 e. The Morgan fingerprint density at radius 1 is 1.33 bits per heavy atom. The lowest BCUT2D eigenvalue weighted by atomic mass is 10.1. The SMILES string of the molecule is Cc1ccccc1Cn1cc(NC(=O)C=CC(=O)O)cn1. The number of aromatic nitrogens is 2. The van der Waals surface area contributed by atoms with Crippen molar-refractivity contribution in [2.75, 3.05) is 5.32 Å². The van der Waals surface area contributed by atoms with E-state index in [4.69, 9.17) is 5.11 Å². The maximum atomic E-state index is 11.4. The van der Waals surface area contributed by atoms with Crippen LogP contribution in [-0.2, 0) is 16.1 Å². The van der Waals surface area contributed by atoms with Crippen molar-refractivity contribution in [3.05, 3.63) is 59.9 Å². The Balaban J connectivity index is 2.00. The van der Waals surface area contributed by atoms with Crippen molar-refractivity contribution in [3.8, 4) is 0 Å². The van der Waals surface area contributed by atoms with Crippen molar-refractivity contribution in [2.24, 2.45) is 0 Å². The monoisotopic (exact) mass is 285 g/mol. The van der Waals surface area contributed by atoms with Crippen LogP contribution in [0, 0.1) is 6.92 Å². The minimum atomic E-state index is -1.17. The summed E-state index contributed by atoms with van der Waals surface area (Å²) in [5.41, 5.74) is 2.83. The number of carbonyl (C=O) groups excluding carboxylic acids is 1. The predicted octanol–water partition coefficient (Wildman–Crippen LogP) is 1.82. The molecule has 0 aliphatic carbocycles. The zero-order chi connectivity index (χ0) is 15.2. The average molecular weight is 285 g/mol. The van der Waals surface area contributed by atoms with Crippen LogP contribution in [0.5, 0.6) is 0 Å². The summed E-state index contributed by atoms with van der Waals surface area (Å²) in [6.07, 6.45) is 4.96. The zero-order valence-corrected chi connectivity index (χ0v) is 11.5. The van der Waals surface area contributed by atoms with Gasteiger partial charge in [-0.25, -0.2) is 4.79 Å². The molecule has 1 amide bonds. The van der Waals surface area contributed by atoms with Crippen molar-refractivity contribution >= 4 is 17.6 Å². The van der Waals surface area contributed by atoms with Gasteiger partial charge >= 0.3 is 5.97 Å². The summed E-state index contributed by atoms with van der Waals surface area (Å²) in [6.45, 7) is 2.63. The van der Waals surface area contributed by atoms with Gasteiger partial charge in [-0.1, -0.05) is 24.3 Å². The molecule has 2 rings (SSSR count). The number of hydrogen-bond acceptors (Lipinski definition) is 3. The van der Waals surface area contributed by atoms with Gasteiger partial charge in [0.05, 0.1) is 18.4 Å². The Hall–Kier alpha value is -2.89. The first-order valence-corrected chi connectivity index (χ1v) is 6.33. The van der Waals surface area contributed by atoms with Crippen molar-refractivity contribution < 1.29 is 14.7 Å². The van der Waals surface area contributed by atoms with Gasteiger partial charge in [0.25, 0.3) is 0 Å². The van der Waals surface area contributed by atoms with Gasteiger partial charge in [0.15, 0.2) is 0 Å². The second-order valence-corrected chi connectivity index (χ2v) is 4.51. The van der Waals surface area contributed by atoms with Crippen LogP contribution in [0.1, 0.15) is 11.1 Å². The molecule has 108 valence electrons. The van der Waals surface area contributed by atoms with Crippen LogP contribution in [-0.4, -0.2) is 26.8 Å². The second kappa shape index (κ2) is 6.51. The van der Waals surface area contributed by atoms with Gasteiger partial charge < -0.3 is 10.4 Å². The average Bonchev–Trinajstić information content (AvgIpc) is 2.86. The molecule has 21 heavy (non-hydrogen) atoms. The van der Waals surface area contributed by atoms with Gasteiger partial charge in [-0.3, -0.25) is 9.48 Å². The number of aliphatic carboxylic acids is 1. The molecule has 0 bridgehead atoms. The van der Waals surface area contributed by atoms with E-state index in [9.17, 15) is 9.59 Å². The molecular formula is C15H15N3O3. The Labute approximate surface area is 121 Å². The van der Waals surface area contributed by atoms with E-state index in [1.807, 2.05) is 31.2 Å². The fourth-order valence-corrected chi connectivity index (χ4v) is 1.81. The second-order valence-electron chi connectivity index (χ2n) is 4.51. The summed E-state index contributed by atoms with van der Waals surface area (Å²) < 4.78 is 1.71. The Bertz CT molecular complexity index is 689. The molecule has 6 heteroatoms. The summed E-state index contributed by atoms with van der Waals surface area (Å²) in [4.78, 5) is 21.8. The lowest BCUT2D eigenvalue weighted by molar-refractivity contribution is -0.131. The van der Waals surface area contributed by atoms with Gasteiger partial charge in [0, 0.05) is 18.3 Å². The van der Waals surface area contributed by atoms with Crippen LogP contribution in [0.15, 0.2) is 48.8 Å². The zero-order valence-electron chi connectivity index (χ0n) is 11.5. The van der Waals surface area contributed by atoms with E-state index >= 15 is 0 Å². The maximum Gasteiger partial charge on any atom is 0.328 e. The lowest BCUT2D eigenvalue weighted by Gasteiger charge is -2.05. The van der Waals surface area contributed by atoms with Crippen molar-refractivity contribution in [2.45, 2.75) is 13.5 Å². The smallest absolute Gasteiger partial charge is 0.328 e. The summed E-state index contributed by atoms with van der Waals surface area (Å²) in [6, 6.07) is 7.98. The van der Waals surface area contributed by atoms with E-state index in [0.29, 0.717) is 12.2 Å². The molecular weight excluding hydrogens is 270 g/mol. The number of carboxylic acid groups (broad SMARTS) is 1. The number of nitrogens with one attached hydrogen (secondary N) is 1. The van der Waals surface area contributed by atoms with E-state index in [1.165, 1.54) is 11.8 Å². The van der Waals surface area contributed by atoms with Crippen molar-refractivity contribution in [1.29, 1.82) is 0 Å². The van der Waals surface area contributed by atoms with Gasteiger partial charge in [0.1, 0.15) is 0 Å². The number of hydrogen-bond donors (Lipinski definition) is 2. The van der Waals surface area contributed by atoms with E-state index in [0.717, 1.165) is 17.7 Å². The minimum absolute atomic E-state index is 0.507. The molecule has 6 nitrogen and oxygen atoms in total. The third-order valence-electron chi connectivity index (χ3n) is 2.87. The molecule has 2 aromatic rings. The molecule has 0 saturated carbocycles. The van der Waals surface area contributed by atoms with E-state index in [-0.39, 0.29) is 0 Å². The number of carboxylic acids is 1. The highest BCUT2D eigenvalue weighted by atomic mass is 16.4. The molecule has 2 N–H and O–H groups in total. The summed E-state index contributed by atoms with van der Waals surface area (Å²) in [7, 11) is 0. The number of carbonyl (C=O) groups is 2. The first kappa shape index (κ1) is 14.5. The third kappa shape index (κ3) is 4.31. The Kier molecular flexibility index (Phi) is 4.50. The molecule has 1 aromatic carbocycles. The van der Waals surface area contributed by atoms with E-state index in [1.54, 1.807) is 10.9 Å². The summed E-state index contributed by atoms with van der Waals surface area (Å²) >= 11 is 0. The number of aryl methyl sites for hydroxylation is 1. The van der Waals surface area contributed by atoms with Gasteiger partial charge in [0.2, 0.25) is 5.91 Å². The number of rotatable bonds is 5. The van der Waals surface area contributed by atoms with Crippen molar-refractivity contribution in [1.82, 2.24) is 9.78 Å². The topological polar surface area (TPSA) is 84.2 Å². The maximum absolute atomic E-state index is 11.4. The van der Waals surface area contributed by atoms with Gasteiger partial charge in [-0.15, -0.1) is 0 Å². The van der Waals surface area contributed by atoms with Crippen LogP contribution in [0.2, 0.25) is 0 Å². The lowest BCUT2D eigenvalue weighted by Crippen LogP contribution is -2.08. The van der Waals surface area contributed by atoms with Crippen LogP contribution in [0.4, 0.5) is 5.69 Å². The molecule has 0 radical (unpaired) electrons. The molecule has 0 aliphatic rings. The fraction of sp³-hybridized carbons (Fsp3) is 0.133. The van der Waals surface area contributed by atoms with Crippen LogP contribution < -0.4 is 5.32 Å². The Morgan fingerprint density at radius 3 is 2.81 bits per heavy atom.